The van der Waals surface area contributed by atoms with E-state index in [2.05, 4.69) is 16.7 Å². The first kappa shape index (κ1) is 11.1. The van der Waals surface area contributed by atoms with Gasteiger partial charge in [0.05, 0.1) is 11.6 Å². The van der Waals surface area contributed by atoms with E-state index in [9.17, 15) is 4.79 Å². The molecule has 1 aromatic carbocycles. The van der Waals surface area contributed by atoms with E-state index in [1.54, 1.807) is 25.2 Å². The first-order valence-electron chi connectivity index (χ1n) is 4.71. The molecule has 0 fully saturated rings. The maximum absolute atomic E-state index is 10.9. The number of nitriles is 1. The lowest BCUT2D eigenvalue weighted by atomic mass is 10.2. The van der Waals surface area contributed by atoms with E-state index in [4.69, 9.17) is 5.26 Å². The van der Waals surface area contributed by atoms with Gasteiger partial charge in [-0.05, 0) is 18.2 Å². The third kappa shape index (κ3) is 3.69. The van der Waals surface area contributed by atoms with Crippen molar-refractivity contribution >= 4 is 11.6 Å². The van der Waals surface area contributed by atoms with Crippen molar-refractivity contribution < 1.29 is 4.79 Å². The smallest absolute Gasteiger partial charge is 0.221 e. The molecule has 4 heteroatoms. The quantitative estimate of drug-likeness (QED) is 0.770. The summed E-state index contributed by atoms with van der Waals surface area (Å²) >= 11 is 0. The molecule has 0 aliphatic carbocycles. The fourth-order valence-electron chi connectivity index (χ4n) is 1.14. The first-order chi connectivity index (χ1) is 7.26. The maximum atomic E-state index is 10.9. The minimum Gasteiger partial charge on any atom is -0.384 e. The molecule has 0 unspecified atom stereocenters. The van der Waals surface area contributed by atoms with Crippen LogP contribution >= 0.6 is 0 Å². The lowest BCUT2D eigenvalue weighted by Crippen LogP contribution is -2.20. The minimum absolute atomic E-state index is 0.000984. The Kier molecular flexibility index (Phi) is 4.17. The van der Waals surface area contributed by atoms with Gasteiger partial charge < -0.3 is 10.6 Å². The summed E-state index contributed by atoms with van der Waals surface area (Å²) in [5.74, 6) is -0.000984. The summed E-state index contributed by atoms with van der Waals surface area (Å²) < 4.78 is 0. The predicted molar refractivity (Wildman–Crippen MR) is 58.3 cm³/mol. The number of carbonyl (C=O) groups excluding carboxylic acids is 1. The van der Waals surface area contributed by atoms with Crippen molar-refractivity contribution in [2.75, 3.05) is 18.9 Å². The fraction of sp³-hybridized carbons (Fsp3) is 0.273. The van der Waals surface area contributed by atoms with E-state index < -0.39 is 0 Å². The standard InChI is InChI=1S/C11H13N3O/c1-13-11(15)5-6-14-10-4-2-3-9(7-10)8-12/h2-4,7,14H,5-6H2,1H3,(H,13,15). The van der Waals surface area contributed by atoms with E-state index >= 15 is 0 Å². The number of nitrogens with zero attached hydrogens (tertiary/aromatic N) is 1. The number of amides is 1. The molecule has 1 amide bonds. The highest BCUT2D eigenvalue weighted by atomic mass is 16.1. The Balaban J connectivity index is 2.44. The topological polar surface area (TPSA) is 64.9 Å². The SMILES string of the molecule is CNC(=O)CCNc1cccc(C#N)c1. The molecule has 0 atom stereocenters. The minimum atomic E-state index is -0.000984. The van der Waals surface area contributed by atoms with Crippen LogP contribution in [0, 0.1) is 11.3 Å². The summed E-state index contributed by atoms with van der Waals surface area (Å²) in [6.45, 7) is 0.564. The molecule has 1 aromatic rings. The average molecular weight is 203 g/mol. The van der Waals surface area contributed by atoms with Crippen LogP contribution < -0.4 is 10.6 Å². The van der Waals surface area contributed by atoms with Gasteiger partial charge in [-0.25, -0.2) is 0 Å². The molecule has 0 radical (unpaired) electrons. The van der Waals surface area contributed by atoms with Crippen LogP contribution in [0.15, 0.2) is 24.3 Å². The molecule has 78 valence electrons. The van der Waals surface area contributed by atoms with Gasteiger partial charge >= 0.3 is 0 Å². The van der Waals surface area contributed by atoms with Gasteiger partial charge in [-0.3, -0.25) is 4.79 Å². The van der Waals surface area contributed by atoms with Crippen molar-refractivity contribution in [3.63, 3.8) is 0 Å². The molecule has 0 bridgehead atoms. The summed E-state index contributed by atoms with van der Waals surface area (Å²) in [7, 11) is 1.61. The van der Waals surface area contributed by atoms with E-state index in [1.807, 2.05) is 6.07 Å². The lowest BCUT2D eigenvalue weighted by molar-refractivity contribution is -0.120. The maximum Gasteiger partial charge on any atom is 0.221 e. The zero-order valence-electron chi connectivity index (χ0n) is 8.58. The van der Waals surface area contributed by atoms with Crippen molar-refractivity contribution in [3.05, 3.63) is 29.8 Å². The molecule has 1 rings (SSSR count). The van der Waals surface area contributed by atoms with Gasteiger partial charge in [0.1, 0.15) is 0 Å². The zero-order chi connectivity index (χ0) is 11.1. The molecule has 0 saturated carbocycles. The van der Waals surface area contributed by atoms with Crippen molar-refractivity contribution in [3.8, 4) is 6.07 Å². The van der Waals surface area contributed by atoms with Gasteiger partial charge in [0.25, 0.3) is 0 Å². The Morgan fingerprint density at radius 2 is 2.33 bits per heavy atom. The normalized spacial score (nSPS) is 9.07. The van der Waals surface area contributed by atoms with Gasteiger partial charge in [-0.2, -0.15) is 5.26 Å². The highest BCUT2D eigenvalue weighted by Crippen LogP contribution is 2.09. The number of carbonyl (C=O) groups is 1. The molecular formula is C11H13N3O. The number of nitrogens with one attached hydrogen (secondary N) is 2. The molecule has 0 aromatic heterocycles. The van der Waals surface area contributed by atoms with E-state index in [0.29, 0.717) is 18.5 Å². The number of anilines is 1. The second-order valence-corrected chi connectivity index (χ2v) is 3.04. The molecule has 0 heterocycles. The Labute approximate surface area is 88.9 Å². The highest BCUT2D eigenvalue weighted by molar-refractivity contribution is 5.76. The Morgan fingerprint density at radius 1 is 1.53 bits per heavy atom. The van der Waals surface area contributed by atoms with Gasteiger partial charge in [0.15, 0.2) is 0 Å². The molecule has 2 N–H and O–H groups in total. The van der Waals surface area contributed by atoms with Gasteiger partial charge in [0, 0.05) is 25.7 Å². The van der Waals surface area contributed by atoms with Crippen molar-refractivity contribution in [2.24, 2.45) is 0 Å². The number of rotatable bonds is 4. The Hall–Kier alpha value is -2.02. The van der Waals surface area contributed by atoms with Crippen molar-refractivity contribution in [2.45, 2.75) is 6.42 Å². The second kappa shape index (κ2) is 5.66. The van der Waals surface area contributed by atoms with Crippen LogP contribution in [-0.4, -0.2) is 19.5 Å². The second-order valence-electron chi connectivity index (χ2n) is 3.04. The Bertz CT molecular complexity index is 382. The van der Waals surface area contributed by atoms with Gasteiger partial charge in [-0.15, -0.1) is 0 Å². The Morgan fingerprint density at radius 3 is 3.00 bits per heavy atom. The molecule has 15 heavy (non-hydrogen) atoms. The monoisotopic (exact) mass is 203 g/mol. The van der Waals surface area contributed by atoms with Crippen molar-refractivity contribution in [1.82, 2.24) is 5.32 Å². The van der Waals surface area contributed by atoms with Crippen LogP contribution in [0.2, 0.25) is 0 Å². The number of benzene rings is 1. The van der Waals surface area contributed by atoms with Crippen LogP contribution in [-0.2, 0) is 4.79 Å². The predicted octanol–water partition coefficient (Wildman–Crippen LogP) is 1.11. The van der Waals surface area contributed by atoms with E-state index in [1.165, 1.54) is 0 Å². The van der Waals surface area contributed by atoms with E-state index in [0.717, 1.165) is 5.69 Å². The number of hydrogen-bond acceptors (Lipinski definition) is 3. The molecule has 4 nitrogen and oxygen atoms in total. The molecular weight excluding hydrogens is 190 g/mol. The largest absolute Gasteiger partial charge is 0.384 e. The third-order valence-corrected chi connectivity index (χ3v) is 1.95. The zero-order valence-corrected chi connectivity index (χ0v) is 8.58. The molecule has 0 saturated heterocycles. The van der Waals surface area contributed by atoms with Gasteiger partial charge in [-0.1, -0.05) is 6.07 Å². The summed E-state index contributed by atoms with van der Waals surface area (Å²) in [6, 6.07) is 9.22. The molecule has 0 spiro atoms. The first-order valence-corrected chi connectivity index (χ1v) is 4.71. The summed E-state index contributed by atoms with van der Waals surface area (Å²) in [6.07, 6.45) is 0.424. The fourth-order valence-corrected chi connectivity index (χ4v) is 1.14. The summed E-state index contributed by atoms with van der Waals surface area (Å²) in [5, 5.41) is 14.3. The summed E-state index contributed by atoms with van der Waals surface area (Å²) in [4.78, 5) is 10.9. The molecule has 0 aliphatic heterocycles. The summed E-state index contributed by atoms with van der Waals surface area (Å²) in [5.41, 5.74) is 1.47. The van der Waals surface area contributed by atoms with Crippen molar-refractivity contribution in [1.29, 1.82) is 5.26 Å². The van der Waals surface area contributed by atoms with Crippen LogP contribution in [0.5, 0.6) is 0 Å². The highest BCUT2D eigenvalue weighted by Gasteiger charge is 1.98. The molecule has 0 aliphatic rings. The lowest BCUT2D eigenvalue weighted by Gasteiger charge is -2.05. The third-order valence-electron chi connectivity index (χ3n) is 1.95. The van der Waals surface area contributed by atoms with Crippen LogP contribution in [0.1, 0.15) is 12.0 Å². The number of hydrogen-bond donors (Lipinski definition) is 2. The van der Waals surface area contributed by atoms with Crippen LogP contribution in [0.4, 0.5) is 5.69 Å². The van der Waals surface area contributed by atoms with Crippen LogP contribution in [0.3, 0.4) is 0 Å². The van der Waals surface area contributed by atoms with Gasteiger partial charge in [0.2, 0.25) is 5.91 Å². The van der Waals surface area contributed by atoms with E-state index in [-0.39, 0.29) is 5.91 Å². The van der Waals surface area contributed by atoms with Crippen LogP contribution in [0.25, 0.3) is 0 Å². The average Bonchev–Trinajstić information content (AvgIpc) is 2.29.